The van der Waals surface area contributed by atoms with E-state index in [0.29, 0.717) is 23.3 Å². The van der Waals surface area contributed by atoms with Gasteiger partial charge in [-0.2, -0.15) is 0 Å². The van der Waals surface area contributed by atoms with Gasteiger partial charge in [0.15, 0.2) is 0 Å². The van der Waals surface area contributed by atoms with Crippen molar-refractivity contribution in [2.45, 2.75) is 38.3 Å². The van der Waals surface area contributed by atoms with Crippen molar-refractivity contribution >= 4 is 17.5 Å². The van der Waals surface area contributed by atoms with Gasteiger partial charge in [-0.05, 0) is 36.6 Å². The summed E-state index contributed by atoms with van der Waals surface area (Å²) in [5.74, 6) is 0.0370. The summed E-state index contributed by atoms with van der Waals surface area (Å²) in [5, 5.41) is 0.467. The Labute approximate surface area is 135 Å². The van der Waals surface area contributed by atoms with E-state index >= 15 is 0 Å². The van der Waals surface area contributed by atoms with Crippen LogP contribution in [0.2, 0.25) is 5.15 Å². The smallest absolute Gasteiger partial charge is 0.255 e. The average Bonchev–Trinajstić information content (AvgIpc) is 3.09. The van der Waals surface area contributed by atoms with Gasteiger partial charge in [-0.25, -0.2) is 4.98 Å². The van der Waals surface area contributed by atoms with Crippen molar-refractivity contribution in [3.8, 4) is 0 Å². The standard InChI is InChI=1S/C17H18ClN3O/c18-16-8-7-13(10-20-16)12-21(15-5-1-2-6-15)17(22)14-4-3-9-19-11-14/h3-4,7-11,15H,1-2,5-6,12H2. The Bertz CT molecular complexity index is 624. The number of amides is 1. The lowest BCUT2D eigenvalue weighted by atomic mass is 10.1. The summed E-state index contributed by atoms with van der Waals surface area (Å²) in [7, 11) is 0. The topological polar surface area (TPSA) is 46.1 Å². The molecule has 22 heavy (non-hydrogen) atoms. The Balaban J connectivity index is 1.83. The molecule has 0 bridgehead atoms. The molecule has 1 aliphatic rings. The van der Waals surface area contributed by atoms with Crippen LogP contribution in [0, 0.1) is 0 Å². The number of halogens is 1. The van der Waals surface area contributed by atoms with E-state index in [1.54, 1.807) is 30.7 Å². The van der Waals surface area contributed by atoms with Crippen LogP contribution in [-0.4, -0.2) is 26.8 Å². The van der Waals surface area contributed by atoms with E-state index in [0.717, 1.165) is 18.4 Å². The van der Waals surface area contributed by atoms with E-state index in [2.05, 4.69) is 9.97 Å². The second kappa shape index (κ2) is 6.88. The van der Waals surface area contributed by atoms with Crippen LogP contribution in [0.4, 0.5) is 0 Å². The first-order chi connectivity index (χ1) is 10.7. The van der Waals surface area contributed by atoms with Gasteiger partial charge in [0.05, 0.1) is 5.56 Å². The van der Waals surface area contributed by atoms with Crippen LogP contribution in [-0.2, 0) is 6.54 Å². The highest BCUT2D eigenvalue weighted by Crippen LogP contribution is 2.26. The lowest BCUT2D eigenvalue weighted by Gasteiger charge is -2.29. The fourth-order valence-corrected chi connectivity index (χ4v) is 3.05. The number of aromatic nitrogens is 2. The number of hydrogen-bond donors (Lipinski definition) is 0. The maximum atomic E-state index is 12.8. The van der Waals surface area contributed by atoms with Gasteiger partial charge in [0, 0.05) is 31.2 Å². The van der Waals surface area contributed by atoms with E-state index in [-0.39, 0.29) is 5.91 Å². The summed E-state index contributed by atoms with van der Waals surface area (Å²) in [4.78, 5) is 23.0. The Hall–Kier alpha value is -1.94. The largest absolute Gasteiger partial charge is 0.331 e. The van der Waals surface area contributed by atoms with E-state index in [4.69, 9.17) is 11.6 Å². The highest BCUT2D eigenvalue weighted by molar-refractivity contribution is 6.29. The van der Waals surface area contributed by atoms with Crippen molar-refractivity contribution in [1.82, 2.24) is 14.9 Å². The number of nitrogens with zero attached hydrogens (tertiary/aromatic N) is 3. The first kappa shape index (κ1) is 15.0. The van der Waals surface area contributed by atoms with Crippen LogP contribution in [0.1, 0.15) is 41.6 Å². The predicted octanol–water partition coefficient (Wildman–Crippen LogP) is 3.72. The zero-order chi connectivity index (χ0) is 15.4. The van der Waals surface area contributed by atoms with Gasteiger partial charge in [0.2, 0.25) is 0 Å². The molecule has 114 valence electrons. The van der Waals surface area contributed by atoms with Crippen LogP contribution < -0.4 is 0 Å². The van der Waals surface area contributed by atoms with Crippen molar-refractivity contribution in [2.24, 2.45) is 0 Å². The minimum Gasteiger partial charge on any atom is -0.331 e. The van der Waals surface area contributed by atoms with E-state index < -0.39 is 0 Å². The van der Waals surface area contributed by atoms with E-state index in [1.807, 2.05) is 17.0 Å². The predicted molar refractivity (Wildman–Crippen MR) is 85.6 cm³/mol. The molecule has 0 atom stereocenters. The van der Waals surface area contributed by atoms with Gasteiger partial charge >= 0.3 is 0 Å². The number of carbonyl (C=O) groups is 1. The summed E-state index contributed by atoms with van der Waals surface area (Å²) >= 11 is 5.83. The lowest BCUT2D eigenvalue weighted by Crippen LogP contribution is -2.38. The zero-order valence-electron chi connectivity index (χ0n) is 12.3. The zero-order valence-corrected chi connectivity index (χ0v) is 13.0. The first-order valence-corrected chi connectivity index (χ1v) is 7.93. The molecule has 1 amide bonds. The van der Waals surface area contributed by atoms with Crippen LogP contribution in [0.5, 0.6) is 0 Å². The van der Waals surface area contributed by atoms with Crippen LogP contribution in [0.25, 0.3) is 0 Å². The lowest BCUT2D eigenvalue weighted by molar-refractivity contribution is 0.0664. The molecule has 0 N–H and O–H groups in total. The van der Waals surface area contributed by atoms with Gasteiger partial charge in [0.1, 0.15) is 5.15 Å². The Kier molecular flexibility index (Phi) is 4.68. The molecular weight excluding hydrogens is 298 g/mol. The van der Waals surface area contributed by atoms with Crippen LogP contribution in [0.3, 0.4) is 0 Å². The molecule has 2 aromatic rings. The number of pyridine rings is 2. The quantitative estimate of drug-likeness (QED) is 0.808. The minimum atomic E-state index is 0.0370. The number of rotatable bonds is 4. The normalized spacial score (nSPS) is 15.0. The van der Waals surface area contributed by atoms with E-state index in [9.17, 15) is 4.79 Å². The third kappa shape index (κ3) is 3.45. The van der Waals surface area contributed by atoms with Gasteiger partial charge in [-0.1, -0.05) is 30.5 Å². The second-order valence-corrected chi connectivity index (χ2v) is 5.99. The van der Waals surface area contributed by atoms with Crippen molar-refractivity contribution in [3.63, 3.8) is 0 Å². The molecule has 2 heterocycles. The Morgan fingerprint density at radius 1 is 1.23 bits per heavy atom. The van der Waals surface area contributed by atoms with Crippen molar-refractivity contribution < 1.29 is 4.79 Å². The van der Waals surface area contributed by atoms with Gasteiger partial charge in [0.25, 0.3) is 5.91 Å². The molecule has 0 spiro atoms. The maximum Gasteiger partial charge on any atom is 0.255 e. The number of carbonyl (C=O) groups excluding carboxylic acids is 1. The maximum absolute atomic E-state index is 12.8. The van der Waals surface area contributed by atoms with Crippen LogP contribution >= 0.6 is 11.6 Å². The van der Waals surface area contributed by atoms with Crippen molar-refractivity contribution in [3.05, 3.63) is 59.1 Å². The SMILES string of the molecule is O=C(c1cccnc1)N(Cc1ccc(Cl)nc1)C1CCCC1. The summed E-state index contributed by atoms with van der Waals surface area (Å²) < 4.78 is 0. The van der Waals surface area contributed by atoms with Gasteiger partial charge < -0.3 is 4.90 Å². The molecule has 1 aliphatic carbocycles. The van der Waals surface area contributed by atoms with Gasteiger partial charge in [-0.3, -0.25) is 9.78 Å². The average molecular weight is 316 g/mol. The second-order valence-electron chi connectivity index (χ2n) is 5.60. The molecule has 5 heteroatoms. The molecule has 0 aromatic carbocycles. The summed E-state index contributed by atoms with van der Waals surface area (Å²) in [5.41, 5.74) is 1.63. The minimum absolute atomic E-state index is 0.0370. The molecular formula is C17H18ClN3O. The third-order valence-corrected chi connectivity index (χ3v) is 4.30. The molecule has 3 rings (SSSR count). The molecule has 0 radical (unpaired) electrons. The molecule has 2 aromatic heterocycles. The molecule has 0 unspecified atom stereocenters. The van der Waals surface area contributed by atoms with Crippen molar-refractivity contribution in [2.75, 3.05) is 0 Å². The third-order valence-electron chi connectivity index (χ3n) is 4.08. The molecule has 1 saturated carbocycles. The number of hydrogen-bond acceptors (Lipinski definition) is 3. The fraction of sp³-hybridized carbons (Fsp3) is 0.353. The molecule has 1 fully saturated rings. The summed E-state index contributed by atoms with van der Waals surface area (Å²) in [6.45, 7) is 0.558. The van der Waals surface area contributed by atoms with E-state index in [1.165, 1.54) is 12.8 Å². The molecule has 0 saturated heterocycles. The van der Waals surface area contributed by atoms with Gasteiger partial charge in [-0.15, -0.1) is 0 Å². The summed E-state index contributed by atoms with van der Waals surface area (Å²) in [6.07, 6.45) is 9.53. The highest BCUT2D eigenvalue weighted by atomic mass is 35.5. The monoisotopic (exact) mass is 315 g/mol. The first-order valence-electron chi connectivity index (χ1n) is 7.55. The molecule has 4 nitrogen and oxygen atoms in total. The Morgan fingerprint density at radius 2 is 2.05 bits per heavy atom. The fourth-order valence-electron chi connectivity index (χ4n) is 2.93. The van der Waals surface area contributed by atoms with Crippen molar-refractivity contribution in [1.29, 1.82) is 0 Å². The summed E-state index contributed by atoms with van der Waals surface area (Å²) in [6, 6.07) is 7.59. The van der Waals surface area contributed by atoms with Crippen LogP contribution in [0.15, 0.2) is 42.9 Å². The highest BCUT2D eigenvalue weighted by Gasteiger charge is 2.27. The Morgan fingerprint density at radius 3 is 2.68 bits per heavy atom. The molecule has 0 aliphatic heterocycles.